The maximum Gasteiger partial charge on any atom is 0.273 e. The Morgan fingerprint density at radius 2 is 1.82 bits per heavy atom. The molecule has 1 aromatic heterocycles. The second-order valence-electron chi connectivity index (χ2n) is 4.04. The minimum Gasteiger partial charge on any atom is -0.399 e. The van der Waals surface area contributed by atoms with Gasteiger partial charge >= 0.3 is 0 Å². The van der Waals surface area contributed by atoms with Crippen molar-refractivity contribution in [1.82, 2.24) is 10.2 Å². The van der Waals surface area contributed by atoms with Gasteiger partial charge in [-0.15, -0.1) is 10.2 Å². The van der Waals surface area contributed by atoms with E-state index < -0.39 is 25.9 Å². The number of hydrogen-bond donors (Lipinski definition) is 2. The number of aromatic nitrogens is 2. The average molecular weight is 364 g/mol. The number of hydrogen-bond acceptors (Lipinski definition) is 9. The van der Waals surface area contributed by atoms with Crippen LogP contribution in [-0.4, -0.2) is 34.1 Å². The highest BCUT2D eigenvalue weighted by Gasteiger charge is 2.19. The summed E-state index contributed by atoms with van der Waals surface area (Å²) in [6.07, 6.45) is 0. The summed E-state index contributed by atoms with van der Waals surface area (Å²) in [6.45, 7) is 0. The second-order valence-corrected chi connectivity index (χ2v) is 8.53. The number of benzene rings is 1. The van der Waals surface area contributed by atoms with Crippen LogP contribution in [0.3, 0.4) is 0 Å². The van der Waals surface area contributed by atoms with Crippen LogP contribution in [0.2, 0.25) is 0 Å². The zero-order valence-electron chi connectivity index (χ0n) is 11.3. The van der Waals surface area contributed by atoms with E-state index in [1.54, 1.807) is 0 Å². The van der Waals surface area contributed by atoms with Crippen LogP contribution in [0.1, 0.15) is 5.01 Å². The van der Waals surface area contributed by atoms with Crippen LogP contribution in [0, 0.1) is 0 Å². The van der Waals surface area contributed by atoms with Gasteiger partial charge in [0.15, 0.2) is 0 Å². The molecule has 2 aromatic rings. The van der Waals surface area contributed by atoms with E-state index in [9.17, 15) is 16.8 Å². The third-order valence-electron chi connectivity index (χ3n) is 2.43. The standard InChI is InChI=1S/C10H12N4O5S3/c1-19-21(15,16)6-9-12-13-10(20-9)14-22(17,18)8-4-2-7(11)3-5-8/h2-5H,6,11H2,1H3,(H,13,14). The number of anilines is 2. The molecular weight excluding hydrogens is 352 g/mol. The summed E-state index contributed by atoms with van der Waals surface area (Å²) in [5.74, 6) is -0.481. The van der Waals surface area contributed by atoms with E-state index >= 15 is 0 Å². The molecule has 0 radical (unpaired) electrons. The number of sulfonamides is 1. The normalized spacial score (nSPS) is 12.2. The molecule has 12 heteroatoms. The van der Waals surface area contributed by atoms with Crippen molar-refractivity contribution in [1.29, 1.82) is 0 Å². The molecule has 9 nitrogen and oxygen atoms in total. The fraction of sp³-hybridized carbons (Fsp3) is 0.200. The molecule has 1 heterocycles. The Morgan fingerprint density at radius 1 is 1.18 bits per heavy atom. The van der Waals surface area contributed by atoms with Crippen molar-refractivity contribution in [3.63, 3.8) is 0 Å². The van der Waals surface area contributed by atoms with E-state index in [0.29, 0.717) is 5.69 Å². The molecule has 0 spiro atoms. The van der Waals surface area contributed by atoms with Crippen LogP contribution >= 0.6 is 11.3 Å². The third-order valence-corrected chi connectivity index (χ3v) is 6.07. The van der Waals surface area contributed by atoms with E-state index in [-0.39, 0.29) is 15.0 Å². The van der Waals surface area contributed by atoms with E-state index in [1.807, 2.05) is 0 Å². The Labute approximate surface area is 131 Å². The predicted octanol–water partition coefficient (Wildman–Crippen LogP) is 0.397. The van der Waals surface area contributed by atoms with Crippen LogP contribution in [0.25, 0.3) is 0 Å². The molecule has 0 aliphatic carbocycles. The van der Waals surface area contributed by atoms with Crippen molar-refractivity contribution in [2.75, 3.05) is 17.6 Å². The third kappa shape index (κ3) is 4.13. The van der Waals surface area contributed by atoms with E-state index in [2.05, 4.69) is 19.1 Å². The topological polar surface area (TPSA) is 141 Å². The van der Waals surface area contributed by atoms with Gasteiger partial charge in [0.05, 0.1) is 12.0 Å². The van der Waals surface area contributed by atoms with Gasteiger partial charge in [-0.05, 0) is 24.3 Å². The second kappa shape index (κ2) is 6.16. The molecule has 120 valence electrons. The SMILES string of the molecule is COS(=O)(=O)Cc1nnc(NS(=O)(=O)c2ccc(N)cc2)s1. The lowest BCUT2D eigenvalue weighted by Gasteiger charge is -2.04. The summed E-state index contributed by atoms with van der Waals surface area (Å²) >= 11 is 0.803. The highest BCUT2D eigenvalue weighted by atomic mass is 32.2. The summed E-state index contributed by atoms with van der Waals surface area (Å²) in [4.78, 5) is 0.00274. The summed E-state index contributed by atoms with van der Waals surface area (Å²) in [5.41, 5.74) is 5.93. The average Bonchev–Trinajstić information content (AvgIpc) is 2.85. The van der Waals surface area contributed by atoms with Gasteiger partial charge in [0.25, 0.3) is 20.1 Å². The molecule has 0 fully saturated rings. The number of nitrogens with two attached hydrogens (primary N) is 1. The lowest BCUT2D eigenvalue weighted by Crippen LogP contribution is -2.12. The maximum atomic E-state index is 12.1. The Hall–Kier alpha value is -1.76. The van der Waals surface area contributed by atoms with Gasteiger partial charge in [-0.2, -0.15) is 8.42 Å². The van der Waals surface area contributed by atoms with Crippen LogP contribution < -0.4 is 10.5 Å². The van der Waals surface area contributed by atoms with Gasteiger partial charge in [0.2, 0.25) is 5.13 Å². The fourth-order valence-corrected chi connectivity index (χ4v) is 4.30. The Bertz CT molecular complexity index is 858. The monoisotopic (exact) mass is 364 g/mol. The van der Waals surface area contributed by atoms with Crippen molar-refractivity contribution in [2.24, 2.45) is 0 Å². The maximum absolute atomic E-state index is 12.1. The van der Waals surface area contributed by atoms with Crippen molar-refractivity contribution < 1.29 is 21.0 Å². The minimum atomic E-state index is -3.84. The molecular formula is C10H12N4O5S3. The van der Waals surface area contributed by atoms with E-state index in [1.165, 1.54) is 24.3 Å². The first-order valence-corrected chi connectivity index (χ1v) is 9.58. The highest BCUT2D eigenvalue weighted by molar-refractivity contribution is 7.93. The number of nitrogens with zero attached hydrogens (tertiary/aromatic N) is 2. The fourth-order valence-electron chi connectivity index (χ4n) is 1.38. The molecule has 0 saturated heterocycles. The Kier molecular flexibility index (Phi) is 4.65. The summed E-state index contributed by atoms with van der Waals surface area (Å²) in [6, 6.07) is 5.58. The molecule has 0 aliphatic heterocycles. The lowest BCUT2D eigenvalue weighted by atomic mass is 10.3. The van der Waals surface area contributed by atoms with Gasteiger partial charge in [-0.25, -0.2) is 8.42 Å². The van der Waals surface area contributed by atoms with Crippen molar-refractivity contribution in [3.8, 4) is 0 Å². The van der Waals surface area contributed by atoms with Crippen molar-refractivity contribution in [3.05, 3.63) is 29.3 Å². The molecule has 1 aromatic carbocycles. The van der Waals surface area contributed by atoms with Crippen LogP contribution in [0.15, 0.2) is 29.2 Å². The molecule has 0 amide bonds. The quantitative estimate of drug-likeness (QED) is 0.554. The molecule has 3 N–H and O–H groups in total. The number of nitrogen functional groups attached to an aromatic ring is 1. The van der Waals surface area contributed by atoms with Crippen molar-refractivity contribution >= 4 is 42.3 Å². The molecule has 2 rings (SSSR count). The Morgan fingerprint density at radius 3 is 2.41 bits per heavy atom. The van der Waals surface area contributed by atoms with Crippen LogP contribution in [0.4, 0.5) is 10.8 Å². The zero-order chi connectivity index (χ0) is 16.4. The van der Waals surface area contributed by atoms with Gasteiger partial charge in [0, 0.05) is 5.69 Å². The molecule has 0 bridgehead atoms. The predicted molar refractivity (Wildman–Crippen MR) is 81.2 cm³/mol. The van der Waals surface area contributed by atoms with Crippen LogP contribution in [-0.2, 0) is 30.1 Å². The largest absolute Gasteiger partial charge is 0.399 e. The van der Waals surface area contributed by atoms with E-state index in [4.69, 9.17) is 5.73 Å². The molecule has 22 heavy (non-hydrogen) atoms. The molecule has 0 aliphatic rings. The summed E-state index contributed by atoms with van der Waals surface area (Å²) < 4.78 is 53.3. The smallest absolute Gasteiger partial charge is 0.273 e. The zero-order valence-corrected chi connectivity index (χ0v) is 13.7. The minimum absolute atomic E-state index is 0.00274. The molecule has 0 saturated carbocycles. The number of rotatable bonds is 6. The number of nitrogens with one attached hydrogen (secondary N) is 1. The van der Waals surface area contributed by atoms with Gasteiger partial charge in [-0.1, -0.05) is 11.3 Å². The van der Waals surface area contributed by atoms with Crippen molar-refractivity contribution in [2.45, 2.75) is 10.6 Å². The Balaban J connectivity index is 2.17. The van der Waals surface area contributed by atoms with Gasteiger partial charge < -0.3 is 5.73 Å². The molecule has 0 atom stereocenters. The first-order chi connectivity index (χ1) is 10.2. The van der Waals surface area contributed by atoms with Crippen LogP contribution in [0.5, 0.6) is 0 Å². The lowest BCUT2D eigenvalue weighted by molar-refractivity contribution is 0.396. The van der Waals surface area contributed by atoms with Gasteiger partial charge in [0.1, 0.15) is 10.8 Å². The summed E-state index contributed by atoms with van der Waals surface area (Å²) in [7, 11) is -6.56. The summed E-state index contributed by atoms with van der Waals surface area (Å²) in [5, 5.41) is 7.26. The van der Waals surface area contributed by atoms with Gasteiger partial charge in [-0.3, -0.25) is 8.91 Å². The highest BCUT2D eigenvalue weighted by Crippen LogP contribution is 2.22. The van der Waals surface area contributed by atoms with E-state index in [0.717, 1.165) is 18.4 Å². The first-order valence-electron chi connectivity index (χ1n) is 5.71. The molecule has 0 unspecified atom stereocenters. The first kappa shape index (κ1) is 16.6.